The number of nitrogens with one attached hydrogen (secondary N) is 1. The zero-order valence-electron chi connectivity index (χ0n) is 10.9. The van der Waals surface area contributed by atoms with E-state index in [0.717, 1.165) is 4.31 Å². The molecular weight excluding hydrogens is 292 g/mol. The molecule has 1 aromatic rings. The molecule has 9 heteroatoms. The quantitative estimate of drug-likeness (QED) is 0.763. The van der Waals surface area contributed by atoms with E-state index in [2.05, 4.69) is 9.72 Å². The van der Waals surface area contributed by atoms with E-state index in [9.17, 15) is 18.0 Å². The lowest BCUT2D eigenvalue weighted by Crippen LogP contribution is -2.36. The Kier molecular flexibility index (Phi) is 5.27. The first kappa shape index (κ1) is 15.9. The first-order valence-electron chi connectivity index (χ1n) is 5.59. The van der Waals surface area contributed by atoms with Crippen LogP contribution in [0.5, 0.6) is 0 Å². The zero-order valence-corrected chi connectivity index (χ0v) is 12.6. The highest BCUT2D eigenvalue weighted by atomic mass is 32.2. The molecule has 108 valence electrons. The van der Waals surface area contributed by atoms with Crippen molar-refractivity contribution in [2.75, 3.05) is 20.2 Å². The van der Waals surface area contributed by atoms with Crippen molar-refractivity contribution in [3.05, 3.63) is 15.4 Å². The van der Waals surface area contributed by atoms with Gasteiger partial charge in [0.15, 0.2) is 4.21 Å². The van der Waals surface area contributed by atoms with Crippen LogP contribution in [0.3, 0.4) is 0 Å². The van der Waals surface area contributed by atoms with Crippen LogP contribution in [-0.4, -0.2) is 43.9 Å². The summed E-state index contributed by atoms with van der Waals surface area (Å²) < 4.78 is 30.2. The number of hydrogen-bond donors (Lipinski definition) is 1. The monoisotopic (exact) mass is 308 g/mol. The van der Waals surface area contributed by atoms with Crippen molar-refractivity contribution in [3.63, 3.8) is 0 Å². The van der Waals surface area contributed by atoms with Crippen LogP contribution in [0, 0.1) is 6.92 Å². The van der Waals surface area contributed by atoms with Crippen molar-refractivity contribution in [1.29, 1.82) is 0 Å². The summed E-state index contributed by atoms with van der Waals surface area (Å²) >= 11 is 0.617. The number of sulfonamides is 1. The summed E-state index contributed by atoms with van der Waals surface area (Å²) in [5.41, 5.74) is 0.279. The third-order valence-corrected chi connectivity index (χ3v) is 5.79. The molecule has 1 aromatic heterocycles. The molecular formula is C10H16N2O5S2. The van der Waals surface area contributed by atoms with Crippen molar-refractivity contribution < 1.29 is 17.9 Å². The number of esters is 1. The van der Waals surface area contributed by atoms with Gasteiger partial charge in [-0.3, -0.25) is 9.59 Å². The lowest BCUT2D eigenvalue weighted by atomic mass is 10.5. The van der Waals surface area contributed by atoms with E-state index in [1.165, 1.54) is 14.0 Å². The Hall–Kier alpha value is -1.19. The van der Waals surface area contributed by atoms with Crippen LogP contribution < -0.4 is 4.87 Å². The topological polar surface area (TPSA) is 96.5 Å². The number of carbonyl (C=O) groups is 1. The van der Waals surface area contributed by atoms with Gasteiger partial charge >= 0.3 is 10.8 Å². The predicted octanol–water partition coefficient (Wildman–Crippen LogP) is 0.319. The normalized spacial score (nSPS) is 11.8. The first-order chi connectivity index (χ1) is 8.82. The van der Waals surface area contributed by atoms with Gasteiger partial charge in [-0.1, -0.05) is 18.3 Å². The van der Waals surface area contributed by atoms with Crippen molar-refractivity contribution in [1.82, 2.24) is 9.29 Å². The van der Waals surface area contributed by atoms with Gasteiger partial charge in [-0.15, -0.1) is 0 Å². The van der Waals surface area contributed by atoms with Crippen LogP contribution in [0.1, 0.15) is 19.0 Å². The lowest BCUT2D eigenvalue weighted by Gasteiger charge is -2.19. The highest BCUT2D eigenvalue weighted by molar-refractivity contribution is 7.91. The molecule has 0 aliphatic rings. The summed E-state index contributed by atoms with van der Waals surface area (Å²) in [5, 5.41) is 0. The zero-order chi connectivity index (χ0) is 14.6. The van der Waals surface area contributed by atoms with Crippen LogP contribution >= 0.6 is 11.3 Å². The van der Waals surface area contributed by atoms with Gasteiger partial charge in [0.25, 0.3) is 10.0 Å². The third kappa shape index (κ3) is 3.64. The number of aromatic nitrogens is 1. The first-order valence-corrected chi connectivity index (χ1v) is 7.85. The number of carbonyl (C=O) groups excluding carboxylic acids is 1. The summed E-state index contributed by atoms with van der Waals surface area (Å²) in [7, 11) is -2.67. The van der Waals surface area contributed by atoms with Crippen molar-refractivity contribution in [2.24, 2.45) is 0 Å². The SMILES string of the molecule is CCCN(CC(=O)OC)S(=O)(=O)c1sc(=O)[nH]c1C. The van der Waals surface area contributed by atoms with Crippen LogP contribution in [0.2, 0.25) is 0 Å². The Morgan fingerprint density at radius 3 is 2.53 bits per heavy atom. The summed E-state index contributed by atoms with van der Waals surface area (Å²) in [5.74, 6) is -0.641. The van der Waals surface area contributed by atoms with Gasteiger partial charge in [0.05, 0.1) is 7.11 Å². The number of H-pyrrole nitrogens is 1. The molecule has 0 spiro atoms. The number of nitrogens with zero attached hydrogens (tertiary/aromatic N) is 1. The summed E-state index contributed by atoms with van der Waals surface area (Å²) in [6.45, 7) is 3.13. The Morgan fingerprint density at radius 2 is 2.11 bits per heavy atom. The van der Waals surface area contributed by atoms with Crippen LogP contribution in [-0.2, 0) is 19.6 Å². The second-order valence-electron chi connectivity index (χ2n) is 3.84. The lowest BCUT2D eigenvalue weighted by molar-refractivity contribution is -0.140. The fraction of sp³-hybridized carbons (Fsp3) is 0.600. The molecule has 0 fully saturated rings. The van der Waals surface area contributed by atoms with Gasteiger partial charge in [0.1, 0.15) is 6.54 Å². The van der Waals surface area contributed by atoms with Gasteiger partial charge in [0, 0.05) is 12.2 Å². The van der Waals surface area contributed by atoms with E-state index in [-0.39, 0.29) is 23.0 Å². The summed E-state index contributed by atoms with van der Waals surface area (Å²) in [6, 6.07) is 0. The molecule has 1 heterocycles. The number of aromatic amines is 1. The van der Waals surface area contributed by atoms with Crippen molar-refractivity contribution >= 4 is 27.3 Å². The number of rotatable bonds is 6. The maximum absolute atomic E-state index is 12.4. The second-order valence-corrected chi connectivity index (χ2v) is 6.96. The fourth-order valence-electron chi connectivity index (χ4n) is 1.50. The maximum atomic E-state index is 12.4. The molecule has 7 nitrogen and oxygen atoms in total. The third-order valence-electron chi connectivity index (χ3n) is 2.36. The molecule has 0 saturated heterocycles. The van der Waals surface area contributed by atoms with E-state index < -0.39 is 20.9 Å². The minimum atomic E-state index is -3.86. The number of hydrogen-bond acceptors (Lipinski definition) is 6. The largest absolute Gasteiger partial charge is 0.468 e. The standard InChI is InChI=1S/C10H16N2O5S2/c1-4-5-12(6-8(13)17-3)19(15,16)9-7(2)11-10(14)18-9/h4-6H2,1-3H3,(H,11,14). The molecule has 0 radical (unpaired) electrons. The molecule has 0 amide bonds. The number of aryl methyl sites for hydroxylation is 1. The van der Waals surface area contributed by atoms with Gasteiger partial charge in [-0.05, 0) is 13.3 Å². The molecule has 0 aliphatic carbocycles. The smallest absolute Gasteiger partial charge is 0.321 e. The molecule has 19 heavy (non-hydrogen) atoms. The Labute approximate surface area is 115 Å². The van der Waals surface area contributed by atoms with E-state index in [1.54, 1.807) is 6.92 Å². The molecule has 0 saturated carbocycles. The molecule has 1 rings (SSSR count). The minimum absolute atomic E-state index is 0.0603. The summed E-state index contributed by atoms with van der Waals surface area (Å²) in [4.78, 5) is 24.5. The van der Waals surface area contributed by atoms with E-state index >= 15 is 0 Å². The Morgan fingerprint density at radius 1 is 1.47 bits per heavy atom. The Balaban J connectivity index is 3.16. The summed E-state index contributed by atoms with van der Waals surface area (Å²) in [6.07, 6.45) is 0.550. The number of ether oxygens (including phenoxy) is 1. The fourth-order valence-corrected chi connectivity index (χ4v) is 4.41. The predicted molar refractivity (Wildman–Crippen MR) is 70.7 cm³/mol. The van der Waals surface area contributed by atoms with E-state index in [1.807, 2.05) is 0 Å². The molecule has 0 aromatic carbocycles. The van der Waals surface area contributed by atoms with E-state index in [0.29, 0.717) is 17.8 Å². The molecule has 0 atom stereocenters. The van der Waals surface area contributed by atoms with Crippen molar-refractivity contribution in [2.45, 2.75) is 24.5 Å². The molecule has 0 aliphatic heterocycles. The van der Waals surface area contributed by atoms with Crippen LogP contribution in [0.15, 0.2) is 9.00 Å². The van der Waals surface area contributed by atoms with Gasteiger partial charge in [0.2, 0.25) is 0 Å². The minimum Gasteiger partial charge on any atom is -0.468 e. The number of methoxy groups -OCH3 is 1. The second kappa shape index (κ2) is 6.31. The molecule has 0 unspecified atom stereocenters. The van der Waals surface area contributed by atoms with Gasteiger partial charge in [-0.25, -0.2) is 8.42 Å². The van der Waals surface area contributed by atoms with Crippen molar-refractivity contribution in [3.8, 4) is 0 Å². The van der Waals surface area contributed by atoms with E-state index in [4.69, 9.17) is 0 Å². The molecule has 0 bridgehead atoms. The highest BCUT2D eigenvalue weighted by Gasteiger charge is 2.29. The average molecular weight is 308 g/mol. The average Bonchev–Trinajstić information content (AvgIpc) is 2.68. The number of thiazole rings is 1. The maximum Gasteiger partial charge on any atom is 0.321 e. The van der Waals surface area contributed by atoms with Crippen LogP contribution in [0.25, 0.3) is 0 Å². The van der Waals surface area contributed by atoms with Crippen LogP contribution in [0.4, 0.5) is 0 Å². The molecule has 1 N–H and O–H groups in total. The highest BCUT2D eigenvalue weighted by Crippen LogP contribution is 2.21. The van der Waals surface area contributed by atoms with Gasteiger partial charge < -0.3 is 9.72 Å². The van der Waals surface area contributed by atoms with Gasteiger partial charge in [-0.2, -0.15) is 4.31 Å². The Bertz CT molecular complexity index is 602.